The fraction of sp³-hybridized carbons (Fsp3) is 0.571. The molecule has 0 aromatic heterocycles. The van der Waals surface area contributed by atoms with Crippen LogP contribution in [0.4, 0.5) is 11.4 Å². The van der Waals surface area contributed by atoms with E-state index in [-0.39, 0.29) is 10.6 Å². The molecule has 0 unspecified atom stereocenters. The van der Waals surface area contributed by atoms with Crippen LogP contribution in [0.2, 0.25) is 0 Å². The van der Waals surface area contributed by atoms with Crippen molar-refractivity contribution >= 4 is 11.4 Å². The highest BCUT2D eigenvalue weighted by Crippen LogP contribution is 2.20. The van der Waals surface area contributed by atoms with Crippen molar-refractivity contribution in [1.29, 1.82) is 0 Å². The van der Waals surface area contributed by atoms with Crippen molar-refractivity contribution in [3.63, 3.8) is 0 Å². The van der Waals surface area contributed by atoms with Gasteiger partial charge in [0, 0.05) is 30.4 Å². The lowest BCUT2D eigenvalue weighted by Gasteiger charge is -2.20. The minimum atomic E-state index is -0.356. The van der Waals surface area contributed by atoms with Crippen molar-refractivity contribution in [1.82, 2.24) is 4.90 Å². The second-order valence-electron chi connectivity index (χ2n) is 5.17. The molecule has 0 saturated carbocycles. The first-order chi connectivity index (χ1) is 8.90. The van der Waals surface area contributed by atoms with Crippen LogP contribution in [0.3, 0.4) is 0 Å². The number of non-ortho nitro benzene ring substituents is 1. The van der Waals surface area contributed by atoms with E-state index in [2.05, 4.69) is 31.1 Å². The SMILES string of the molecule is Cc1cc(NCCCN(C)C(C)C)cc([N+](=O)[O-])c1. The average Bonchev–Trinajstić information content (AvgIpc) is 2.33. The van der Waals surface area contributed by atoms with Gasteiger partial charge < -0.3 is 10.2 Å². The smallest absolute Gasteiger partial charge is 0.271 e. The van der Waals surface area contributed by atoms with E-state index < -0.39 is 0 Å². The van der Waals surface area contributed by atoms with Crippen molar-refractivity contribution in [3.8, 4) is 0 Å². The van der Waals surface area contributed by atoms with Gasteiger partial charge in [-0.25, -0.2) is 0 Å². The van der Waals surface area contributed by atoms with E-state index in [4.69, 9.17) is 0 Å². The van der Waals surface area contributed by atoms with E-state index in [9.17, 15) is 10.1 Å². The molecule has 0 atom stereocenters. The molecule has 0 aliphatic carbocycles. The van der Waals surface area contributed by atoms with Crippen LogP contribution in [0, 0.1) is 17.0 Å². The molecular formula is C14H23N3O2. The summed E-state index contributed by atoms with van der Waals surface area (Å²) in [4.78, 5) is 12.7. The Kier molecular flexibility index (Phi) is 5.76. The lowest BCUT2D eigenvalue weighted by atomic mass is 10.2. The molecular weight excluding hydrogens is 242 g/mol. The predicted molar refractivity (Wildman–Crippen MR) is 78.7 cm³/mol. The third-order valence-electron chi connectivity index (χ3n) is 3.17. The number of hydrogen-bond acceptors (Lipinski definition) is 4. The van der Waals surface area contributed by atoms with Crippen molar-refractivity contribution in [2.24, 2.45) is 0 Å². The van der Waals surface area contributed by atoms with Crippen molar-refractivity contribution in [2.45, 2.75) is 33.2 Å². The molecule has 106 valence electrons. The summed E-state index contributed by atoms with van der Waals surface area (Å²) in [5.74, 6) is 0. The van der Waals surface area contributed by atoms with E-state index in [1.54, 1.807) is 12.1 Å². The Labute approximate surface area is 114 Å². The lowest BCUT2D eigenvalue weighted by molar-refractivity contribution is -0.384. The minimum absolute atomic E-state index is 0.141. The molecule has 5 nitrogen and oxygen atoms in total. The highest BCUT2D eigenvalue weighted by Gasteiger charge is 2.08. The highest BCUT2D eigenvalue weighted by atomic mass is 16.6. The van der Waals surface area contributed by atoms with Crippen LogP contribution in [0.25, 0.3) is 0 Å². The molecule has 5 heteroatoms. The van der Waals surface area contributed by atoms with Gasteiger partial charge in [-0.2, -0.15) is 0 Å². The maximum absolute atomic E-state index is 10.8. The van der Waals surface area contributed by atoms with Crippen LogP contribution in [0.1, 0.15) is 25.8 Å². The summed E-state index contributed by atoms with van der Waals surface area (Å²) in [5, 5.41) is 14.0. The maximum atomic E-state index is 10.8. The third-order valence-corrected chi connectivity index (χ3v) is 3.17. The second-order valence-corrected chi connectivity index (χ2v) is 5.17. The molecule has 0 amide bonds. The fourth-order valence-corrected chi connectivity index (χ4v) is 1.79. The molecule has 1 aromatic rings. The fourth-order valence-electron chi connectivity index (χ4n) is 1.79. The largest absolute Gasteiger partial charge is 0.385 e. The quantitative estimate of drug-likeness (QED) is 0.467. The van der Waals surface area contributed by atoms with Gasteiger partial charge in [0.05, 0.1) is 4.92 Å². The van der Waals surface area contributed by atoms with Crippen LogP contribution < -0.4 is 5.32 Å². The molecule has 1 rings (SSSR count). The van der Waals surface area contributed by atoms with Gasteiger partial charge in [-0.1, -0.05) is 0 Å². The molecule has 0 saturated heterocycles. The van der Waals surface area contributed by atoms with E-state index in [0.717, 1.165) is 30.8 Å². The number of aryl methyl sites for hydroxylation is 1. The van der Waals surface area contributed by atoms with E-state index in [1.165, 1.54) is 0 Å². The lowest BCUT2D eigenvalue weighted by Crippen LogP contribution is -2.28. The Morgan fingerprint density at radius 1 is 1.37 bits per heavy atom. The Morgan fingerprint density at radius 3 is 2.63 bits per heavy atom. The van der Waals surface area contributed by atoms with Gasteiger partial charge in [-0.15, -0.1) is 0 Å². The van der Waals surface area contributed by atoms with Crippen LogP contribution in [-0.2, 0) is 0 Å². The number of anilines is 1. The monoisotopic (exact) mass is 265 g/mol. The Balaban J connectivity index is 2.47. The van der Waals surface area contributed by atoms with Crippen LogP contribution in [0.15, 0.2) is 18.2 Å². The third kappa shape index (κ3) is 5.26. The summed E-state index contributed by atoms with van der Waals surface area (Å²) in [6, 6.07) is 5.64. The normalized spacial score (nSPS) is 11.1. The molecule has 0 aliphatic rings. The van der Waals surface area contributed by atoms with Crippen LogP contribution >= 0.6 is 0 Å². The van der Waals surface area contributed by atoms with Crippen molar-refractivity contribution < 1.29 is 4.92 Å². The highest BCUT2D eigenvalue weighted by molar-refractivity contribution is 5.53. The number of rotatable bonds is 7. The van der Waals surface area contributed by atoms with Crippen LogP contribution in [-0.4, -0.2) is 36.0 Å². The Hall–Kier alpha value is -1.62. The number of nitrogens with zero attached hydrogens (tertiary/aromatic N) is 2. The standard InChI is InChI=1S/C14H23N3O2/c1-11(2)16(4)7-5-6-15-13-8-12(3)9-14(10-13)17(18)19/h8-11,15H,5-7H2,1-4H3. The van der Waals surface area contributed by atoms with E-state index in [1.807, 2.05) is 13.0 Å². The summed E-state index contributed by atoms with van der Waals surface area (Å²) in [5.41, 5.74) is 1.86. The Morgan fingerprint density at radius 2 is 2.05 bits per heavy atom. The molecule has 0 spiro atoms. The van der Waals surface area contributed by atoms with Gasteiger partial charge in [0.1, 0.15) is 0 Å². The molecule has 0 bridgehead atoms. The Bertz CT molecular complexity index is 433. The number of benzene rings is 1. The number of nitro benzene ring substituents is 1. The zero-order valence-corrected chi connectivity index (χ0v) is 12.1. The van der Waals surface area contributed by atoms with Gasteiger partial charge in [-0.05, 0) is 52.4 Å². The molecule has 19 heavy (non-hydrogen) atoms. The molecule has 1 N–H and O–H groups in total. The molecule has 1 aromatic carbocycles. The van der Waals surface area contributed by atoms with Gasteiger partial charge in [0.25, 0.3) is 5.69 Å². The summed E-state index contributed by atoms with van der Waals surface area (Å²) in [7, 11) is 2.10. The number of hydrogen-bond donors (Lipinski definition) is 1. The first-order valence-electron chi connectivity index (χ1n) is 6.60. The number of nitrogens with one attached hydrogen (secondary N) is 1. The summed E-state index contributed by atoms with van der Waals surface area (Å²) in [6.07, 6.45) is 1.01. The summed E-state index contributed by atoms with van der Waals surface area (Å²) in [6.45, 7) is 8.02. The zero-order chi connectivity index (χ0) is 14.4. The van der Waals surface area contributed by atoms with Gasteiger partial charge in [0.2, 0.25) is 0 Å². The zero-order valence-electron chi connectivity index (χ0n) is 12.1. The first-order valence-corrected chi connectivity index (χ1v) is 6.60. The minimum Gasteiger partial charge on any atom is -0.385 e. The van der Waals surface area contributed by atoms with Gasteiger partial charge >= 0.3 is 0 Å². The number of nitro groups is 1. The summed E-state index contributed by atoms with van der Waals surface area (Å²) >= 11 is 0. The molecule has 0 fully saturated rings. The summed E-state index contributed by atoms with van der Waals surface area (Å²) < 4.78 is 0. The predicted octanol–water partition coefficient (Wildman–Crippen LogP) is 3.05. The molecule has 0 aliphatic heterocycles. The molecule has 0 radical (unpaired) electrons. The van der Waals surface area contributed by atoms with E-state index >= 15 is 0 Å². The maximum Gasteiger partial charge on any atom is 0.271 e. The average molecular weight is 265 g/mol. The van der Waals surface area contributed by atoms with Crippen molar-refractivity contribution in [3.05, 3.63) is 33.9 Å². The van der Waals surface area contributed by atoms with Crippen LogP contribution in [0.5, 0.6) is 0 Å². The van der Waals surface area contributed by atoms with E-state index in [0.29, 0.717) is 6.04 Å². The first kappa shape index (κ1) is 15.4. The topological polar surface area (TPSA) is 58.4 Å². The molecule has 0 heterocycles. The second kappa shape index (κ2) is 7.09. The van der Waals surface area contributed by atoms with Gasteiger partial charge in [-0.3, -0.25) is 10.1 Å². The van der Waals surface area contributed by atoms with Crippen molar-refractivity contribution in [2.75, 3.05) is 25.5 Å². The van der Waals surface area contributed by atoms with Gasteiger partial charge in [0.15, 0.2) is 0 Å².